The highest BCUT2D eigenvalue weighted by Crippen LogP contribution is 2.40. The summed E-state index contributed by atoms with van der Waals surface area (Å²) in [6, 6.07) is 0. The fourth-order valence-electron chi connectivity index (χ4n) is 1.61. The number of carbonyl (C=O) groups is 1. The Bertz CT molecular complexity index is 715. The molecule has 0 aliphatic heterocycles. The summed E-state index contributed by atoms with van der Waals surface area (Å²) in [6.07, 6.45) is -3.19. The van der Waals surface area contributed by atoms with E-state index < -0.39 is 44.2 Å². The summed E-state index contributed by atoms with van der Waals surface area (Å²) >= 11 is 0.998. The van der Waals surface area contributed by atoms with Crippen LogP contribution in [-0.4, -0.2) is 26.1 Å². The molecule has 1 aromatic heterocycles. The van der Waals surface area contributed by atoms with Crippen LogP contribution in [0.5, 0.6) is 0 Å². The number of aromatic carboxylic acids is 1. The van der Waals surface area contributed by atoms with Gasteiger partial charge in [-0.2, -0.15) is 23.4 Å². The minimum Gasteiger partial charge on any atom is -0.478 e. The lowest BCUT2D eigenvalue weighted by atomic mass is 10.1. The Balaban J connectivity index is 2.98. The lowest BCUT2D eigenvalue weighted by Gasteiger charge is -2.17. The highest BCUT2D eigenvalue weighted by molar-refractivity contribution is 14.1. The van der Waals surface area contributed by atoms with Gasteiger partial charge in [0.05, 0.1) is 12.4 Å². The number of halogens is 6. The van der Waals surface area contributed by atoms with Crippen LogP contribution in [0.25, 0.3) is 5.69 Å². The predicted molar refractivity (Wildman–Crippen MR) is 66.0 cm³/mol. The zero-order valence-electron chi connectivity index (χ0n) is 9.62. The van der Waals surface area contributed by atoms with Crippen molar-refractivity contribution in [2.75, 3.05) is 0 Å². The first-order valence-corrected chi connectivity index (χ1v) is 6.11. The van der Waals surface area contributed by atoms with Crippen molar-refractivity contribution in [2.45, 2.75) is 6.18 Å². The number of benzene rings is 1. The molecule has 5 nitrogen and oxygen atoms in total. The molecule has 0 saturated heterocycles. The van der Waals surface area contributed by atoms with Crippen LogP contribution in [0, 0.1) is 15.2 Å². The van der Waals surface area contributed by atoms with E-state index in [2.05, 4.69) is 10.2 Å². The maximum atomic E-state index is 13.9. The molecule has 0 amide bonds. The first-order valence-electron chi connectivity index (χ1n) is 5.03. The van der Waals surface area contributed by atoms with Gasteiger partial charge >= 0.3 is 12.1 Å². The molecule has 0 bridgehead atoms. The average Bonchev–Trinajstić information content (AvgIpc) is 2.84. The second-order valence-electron chi connectivity index (χ2n) is 3.66. The summed E-state index contributed by atoms with van der Waals surface area (Å²) in [5, 5.41) is 15.4. The van der Waals surface area contributed by atoms with Gasteiger partial charge in [0.2, 0.25) is 0 Å². The van der Waals surface area contributed by atoms with Crippen LogP contribution in [0.4, 0.5) is 22.0 Å². The van der Waals surface area contributed by atoms with Gasteiger partial charge < -0.3 is 5.11 Å². The van der Waals surface area contributed by atoms with E-state index in [-0.39, 0.29) is 4.80 Å². The van der Waals surface area contributed by atoms with Crippen molar-refractivity contribution in [3.8, 4) is 5.69 Å². The highest BCUT2D eigenvalue weighted by atomic mass is 127. The van der Waals surface area contributed by atoms with Crippen LogP contribution in [0.2, 0.25) is 0 Å². The molecule has 2 rings (SSSR count). The molecule has 0 radical (unpaired) electrons. The van der Waals surface area contributed by atoms with Gasteiger partial charge in [-0.15, -0.1) is 4.80 Å². The van der Waals surface area contributed by atoms with Gasteiger partial charge in [-0.05, 0) is 22.6 Å². The molecular weight excluding hydrogens is 416 g/mol. The molecule has 0 unspecified atom stereocenters. The molecule has 0 saturated carbocycles. The number of aromatic nitrogens is 3. The molecule has 0 spiro atoms. The van der Waals surface area contributed by atoms with E-state index in [4.69, 9.17) is 5.11 Å². The maximum Gasteiger partial charge on any atom is 0.419 e. The van der Waals surface area contributed by atoms with Crippen LogP contribution >= 0.6 is 22.6 Å². The smallest absolute Gasteiger partial charge is 0.419 e. The summed E-state index contributed by atoms with van der Waals surface area (Å²) in [5.41, 5.74) is -4.34. The van der Waals surface area contributed by atoms with Gasteiger partial charge in [-0.1, -0.05) is 0 Å². The van der Waals surface area contributed by atoms with E-state index in [0.717, 1.165) is 35.0 Å². The fraction of sp³-hybridized carbons (Fsp3) is 0.100. The lowest BCUT2D eigenvalue weighted by Crippen LogP contribution is -2.21. The topological polar surface area (TPSA) is 68.0 Å². The Morgan fingerprint density at radius 1 is 1.19 bits per heavy atom. The Hall–Kier alpha value is -1.79. The van der Waals surface area contributed by atoms with Gasteiger partial charge in [0.25, 0.3) is 0 Å². The maximum absolute atomic E-state index is 13.9. The van der Waals surface area contributed by atoms with Gasteiger partial charge in [0.1, 0.15) is 16.8 Å². The first-order chi connectivity index (χ1) is 9.66. The molecule has 0 fully saturated rings. The Labute approximate surface area is 126 Å². The molecular formula is C10H3F5IN3O2. The van der Waals surface area contributed by atoms with Crippen LogP contribution in [0.3, 0.4) is 0 Å². The van der Waals surface area contributed by atoms with Crippen molar-refractivity contribution in [1.82, 2.24) is 15.0 Å². The summed E-state index contributed by atoms with van der Waals surface area (Å²) in [4.78, 5) is 11.1. The minimum absolute atomic E-state index is 0.245. The Morgan fingerprint density at radius 3 is 2.14 bits per heavy atom. The standard InChI is InChI=1S/C10H3F5IN3O2/c11-5-3(9(20)21)7(16)4(10(13,14)15)8(6(5)12)19-17-1-2-18-19/h1-2H,(H,20,21). The van der Waals surface area contributed by atoms with Gasteiger partial charge in [0.15, 0.2) is 11.6 Å². The minimum atomic E-state index is -5.13. The van der Waals surface area contributed by atoms with Crippen molar-refractivity contribution in [3.63, 3.8) is 0 Å². The Kier molecular flexibility index (Phi) is 3.86. The highest BCUT2D eigenvalue weighted by Gasteiger charge is 2.42. The normalized spacial score (nSPS) is 11.7. The van der Waals surface area contributed by atoms with Crippen LogP contribution < -0.4 is 0 Å². The zero-order chi connectivity index (χ0) is 15.9. The number of carboxylic acids is 1. The van der Waals surface area contributed by atoms with Crippen LogP contribution in [0.1, 0.15) is 15.9 Å². The number of nitrogens with zero attached hydrogens (tertiary/aromatic N) is 3. The summed E-state index contributed by atoms with van der Waals surface area (Å²) in [5.74, 6) is -5.91. The molecule has 0 aliphatic carbocycles. The summed E-state index contributed by atoms with van der Waals surface area (Å²) in [6.45, 7) is 0. The summed E-state index contributed by atoms with van der Waals surface area (Å²) in [7, 11) is 0. The molecule has 1 heterocycles. The van der Waals surface area contributed by atoms with E-state index >= 15 is 0 Å². The van der Waals surface area contributed by atoms with Crippen molar-refractivity contribution >= 4 is 28.6 Å². The van der Waals surface area contributed by atoms with E-state index in [0.29, 0.717) is 0 Å². The van der Waals surface area contributed by atoms with Gasteiger partial charge in [-0.3, -0.25) is 0 Å². The zero-order valence-corrected chi connectivity index (χ0v) is 11.8. The van der Waals surface area contributed by atoms with E-state index in [9.17, 15) is 26.7 Å². The van der Waals surface area contributed by atoms with Gasteiger partial charge in [-0.25, -0.2) is 13.6 Å². The molecule has 1 aromatic carbocycles. The predicted octanol–water partition coefficient (Wildman–Crippen LogP) is 2.87. The van der Waals surface area contributed by atoms with Gasteiger partial charge in [0, 0.05) is 3.57 Å². The third-order valence-electron chi connectivity index (χ3n) is 2.41. The fourth-order valence-corrected chi connectivity index (χ4v) is 2.64. The second-order valence-corrected chi connectivity index (χ2v) is 4.74. The van der Waals surface area contributed by atoms with E-state index in [1.807, 2.05) is 0 Å². The molecule has 0 aliphatic rings. The molecule has 0 atom stereocenters. The lowest BCUT2D eigenvalue weighted by molar-refractivity contribution is -0.138. The first kappa shape index (κ1) is 15.6. The third kappa shape index (κ3) is 2.56. The monoisotopic (exact) mass is 419 g/mol. The number of rotatable bonds is 2. The van der Waals surface area contributed by atoms with E-state index in [1.54, 1.807) is 0 Å². The van der Waals surface area contributed by atoms with Crippen molar-refractivity contribution in [3.05, 3.63) is 38.7 Å². The van der Waals surface area contributed by atoms with Crippen molar-refractivity contribution in [2.24, 2.45) is 0 Å². The molecule has 112 valence electrons. The quantitative estimate of drug-likeness (QED) is 0.462. The number of carboxylic acid groups (broad SMARTS) is 1. The van der Waals surface area contributed by atoms with Crippen LogP contribution in [-0.2, 0) is 6.18 Å². The molecule has 21 heavy (non-hydrogen) atoms. The van der Waals surface area contributed by atoms with Crippen molar-refractivity contribution in [1.29, 1.82) is 0 Å². The van der Waals surface area contributed by atoms with Crippen molar-refractivity contribution < 1.29 is 31.9 Å². The average molecular weight is 419 g/mol. The second kappa shape index (κ2) is 5.20. The SMILES string of the molecule is O=C(O)c1c(F)c(F)c(-n2nccn2)c(C(F)(F)F)c1I. The number of hydrogen-bond donors (Lipinski definition) is 1. The molecule has 2 aromatic rings. The Morgan fingerprint density at radius 2 is 1.71 bits per heavy atom. The number of alkyl halides is 3. The van der Waals surface area contributed by atoms with Crippen LogP contribution in [0.15, 0.2) is 12.4 Å². The largest absolute Gasteiger partial charge is 0.478 e. The third-order valence-corrected chi connectivity index (χ3v) is 3.49. The summed E-state index contributed by atoms with van der Waals surface area (Å²) < 4.78 is 66.0. The number of hydrogen-bond acceptors (Lipinski definition) is 3. The molecule has 11 heteroatoms. The van der Waals surface area contributed by atoms with E-state index in [1.165, 1.54) is 0 Å². The molecule has 1 N–H and O–H groups in total.